The standard InChI is InChI=1S/C16H17NO4S/c1-2-12-3-5-13(6-4-12)11-17-22(20,21)15-9-7-14(8-10-15)16(18)19/h3-10,17H,2,11H2,1H3,(H,18,19). The van der Waals surface area contributed by atoms with Crippen molar-refractivity contribution in [3.8, 4) is 0 Å². The summed E-state index contributed by atoms with van der Waals surface area (Å²) in [5, 5.41) is 8.81. The van der Waals surface area contributed by atoms with Gasteiger partial charge in [-0.25, -0.2) is 17.9 Å². The van der Waals surface area contributed by atoms with E-state index < -0.39 is 16.0 Å². The largest absolute Gasteiger partial charge is 0.478 e. The number of aryl methyl sites for hydroxylation is 1. The van der Waals surface area contributed by atoms with Crippen molar-refractivity contribution in [1.29, 1.82) is 0 Å². The van der Waals surface area contributed by atoms with Crippen LogP contribution in [0.15, 0.2) is 53.4 Å². The summed E-state index contributed by atoms with van der Waals surface area (Å²) in [5.74, 6) is -1.09. The Balaban J connectivity index is 2.08. The van der Waals surface area contributed by atoms with E-state index in [-0.39, 0.29) is 17.0 Å². The summed E-state index contributed by atoms with van der Waals surface area (Å²) in [6.07, 6.45) is 0.932. The van der Waals surface area contributed by atoms with E-state index in [0.717, 1.165) is 12.0 Å². The van der Waals surface area contributed by atoms with E-state index in [0.29, 0.717) is 0 Å². The molecule has 22 heavy (non-hydrogen) atoms. The van der Waals surface area contributed by atoms with Crippen molar-refractivity contribution in [3.05, 3.63) is 65.2 Å². The first-order chi connectivity index (χ1) is 10.4. The topological polar surface area (TPSA) is 83.5 Å². The van der Waals surface area contributed by atoms with Gasteiger partial charge in [-0.1, -0.05) is 31.2 Å². The first-order valence-electron chi connectivity index (χ1n) is 6.83. The lowest BCUT2D eigenvalue weighted by atomic mass is 10.1. The van der Waals surface area contributed by atoms with Crippen LogP contribution in [0.25, 0.3) is 0 Å². The molecule has 0 radical (unpaired) electrons. The molecule has 0 aliphatic heterocycles. The lowest BCUT2D eigenvalue weighted by molar-refractivity contribution is 0.0696. The zero-order valence-corrected chi connectivity index (χ0v) is 12.9. The molecule has 5 nitrogen and oxygen atoms in total. The summed E-state index contributed by atoms with van der Waals surface area (Å²) in [6, 6.07) is 12.8. The Hall–Kier alpha value is -2.18. The normalized spacial score (nSPS) is 11.3. The summed E-state index contributed by atoms with van der Waals surface area (Å²) in [7, 11) is -3.66. The molecule has 0 aliphatic carbocycles. The third kappa shape index (κ3) is 3.93. The van der Waals surface area contributed by atoms with Crippen LogP contribution in [-0.4, -0.2) is 19.5 Å². The third-order valence-corrected chi connectivity index (χ3v) is 4.73. The molecule has 0 atom stereocenters. The zero-order chi connectivity index (χ0) is 16.2. The Labute approximate surface area is 129 Å². The fraction of sp³-hybridized carbons (Fsp3) is 0.188. The van der Waals surface area contributed by atoms with Crippen LogP contribution in [0, 0.1) is 0 Å². The van der Waals surface area contributed by atoms with Gasteiger partial charge in [-0.2, -0.15) is 0 Å². The molecule has 0 saturated heterocycles. The molecule has 6 heteroatoms. The van der Waals surface area contributed by atoms with Crippen LogP contribution in [0.2, 0.25) is 0 Å². The second-order valence-corrected chi connectivity index (χ2v) is 6.59. The second-order valence-electron chi connectivity index (χ2n) is 4.82. The quantitative estimate of drug-likeness (QED) is 0.856. The molecule has 0 aromatic heterocycles. The van der Waals surface area contributed by atoms with Crippen LogP contribution in [0.4, 0.5) is 0 Å². The summed E-state index contributed by atoms with van der Waals surface area (Å²) in [5.41, 5.74) is 2.10. The van der Waals surface area contributed by atoms with Crippen molar-refractivity contribution in [2.75, 3.05) is 0 Å². The third-order valence-electron chi connectivity index (χ3n) is 3.31. The number of nitrogens with one attached hydrogen (secondary N) is 1. The van der Waals surface area contributed by atoms with Crippen LogP contribution in [-0.2, 0) is 23.0 Å². The molecule has 116 valence electrons. The lowest BCUT2D eigenvalue weighted by Gasteiger charge is -2.08. The van der Waals surface area contributed by atoms with Crippen LogP contribution in [0.5, 0.6) is 0 Å². The maximum absolute atomic E-state index is 12.2. The van der Waals surface area contributed by atoms with Crippen LogP contribution < -0.4 is 4.72 Å². The summed E-state index contributed by atoms with van der Waals surface area (Å²) in [6.45, 7) is 2.24. The van der Waals surface area contributed by atoms with Crippen molar-refractivity contribution in [2.45, 2.75) is 24.8 Å². The molecule has 0 bridgehead atoms. The van der Waals surface area contributed by atoms with Gasteiger partial charge in [0.1, 0.15) is 0 Å². The Morgan fingerprint density at radius 2 is 1.55 bits per heavy atom. The van der Waals surface area contributed by atoms with Gasteiger partial charge in [-0.3, -0.25) is 0 Å². The molecule has 2 aromatic carbocycles. The Bertz CT molecular complexity index is 750. The average molecular weight is 319 g/mol. The fourth-order valence-corrected chi connectivity index (χ4v) is 2.95. The molecule has 0 saturated carbocycles. The molecule has 0 aliphatic rings. The molecule has 0 amide bonds. The van der Waals surface area contributed by atoms with Crippen molar-refractivity contribution in [1.82, 2.24) is 4.72 Å². The molecular formula is C16H17NO4S. The van der Waals surface area contributed by atoms with E-state index >= 15 is 0 Å². The van der Waals surface area contributed by atoms with Crippen molar-refractivity contribution in [3.63, 3.8) is 0 Å². The number of benzene rings is 2. The number of carboxylic acid groups (broad SMARTS) is 1. The first-order valence-corrected chi connectivity index (χ1v) is 8.31. The zero-order valence-electron chi connectivity index (χ0n) is 12.1. The van der Waals surface area contributed by atoms with E-state index in [4.69, 9.17) is 5.11 Å². The van der Waals surface area contributed by atoms with Crippen molar-refractivity contribution >= 4 is 16.0 Å². The van der Waals surface area contributed by atoms with Gasteiger partial charge in [-0.05, 0) is 41.8 Å². The van der Waals surface area contributed by atoms with Gasteiger partial charge in [-0.15, -0.1) is 0 Å². The number of hydrogen-bond acceptors (Lipinski definition) is 3. The number of sulfonamides is 1. The molecule has 2 N–H and O–H groups in total. The van der Waals surface area contributed by atoms with E-state index in [1.54, 1.807) is 0 Å². The smallest absolute Gasteiger partial charge is 0.335 e. The van der Waals surface area contributed by atoms with Gasteiger partial charge in [0.2, 0.25) is 10.0 Å². The number of hydrogen-bond donors (Lipinski definition) is 2. The first kappa shape index (κ1) is 16.2. The maximum atomic E-state index is 12.2. The van der Waals surface area contributed by atoms with E-state index in [1.807, 2.05) is 24.3 Å². The summed E-state index contributed by atoms with van der Waals surface area (Å²) < 4.78 is 26.8. The van der Waals surface area contributed by atoms with Crippen LogP contribution in [0.1, 0.15) is 28.4 Å². The van der Waals surface area contributed by atoms with Crippen LogP contribution in [0.3, 0.4) is 0 Å². The lowest BCUT2D eigenvalue weighted by Crippen LogP contribution is -2.23. The molecule has 0 heterocycles. The van der Waals surface area contributed by atoms with Crippen molar-refractivity contribution < 1.29 is 18.3 Å². The van der Waals surface area contributed by atoms with Crippen molar-refractivity contribution in [2.24, 2.45) is 0 Å². The SMILES string of the molecule is CCc1ccc(CNS(=O)(=O)c2ccc(C(=O)O)cc2)cc1. The average Bonchev–Trinajstić information content (AvgIpc) is 2.53. The number of carboxylic acids is 1. The molecule has 0 spiro atoms. The van der Waals surface area contributed by atoms with E-state index in [1.165, 1.54) is 29.8 Å². The highest BCUT2D eigenvalue weighted by atomic mass is 32.2. The van der Waals surface area contributed by atoms with Gasteiger partial charge < -0.3 is 5.11 Å². The van der Waals surface area contributed by atoms with Gasteiger partial charge >= 0.3 is 5.97 Å². The predicted molar refractivity (Wildman–Crippen MR) is 83.2 cm³/mol. The van der Waals surface area contributed by atoms with Gasteiger partial charge in [0.15, 0.2) is 0 Å². The second kappa shape index (κ2) is 6.72. The van der Waals surface area contributed by atoms with Gasteiger partial charge in [0, 0.05) is 6.54 Å². The van der Waals surface area contributed by atoms with Gasteiger partial charge in [0.25, 0.3) is 0 Å². The minimum absolute atomic E-state index is 0.0441. The molecule has 2 rings (SSSR count). The Morgan fingerprint density at radius 3 is 2.05 bits per heavy atom. The molecule has 0 unspecified atom stereocenters. The monoisotopic (exact) mass is 319 g/mol. The fourth-order valence-electron chi connectivity index (χ4n) is 1.93. The molecule has 0 fully saturated rings. The summed E-state index contributed by atoms with van der Waals surface area (Å²) >= 11 is 0. The highest BCUT2D eigenvalue weighted by Gasteiger charge is 2.14. The minimum atomic E-state index is -3.66. The maximum Gasteiger partial charge on any atom is 0.335 e. The number of carbonyl (C=O) groups is 1. The highest BCUT2D eigenvalue weighted by Crippen LogP contribution is 2.12. The molecule has 2 aromatic rings. The minimum Gasteiger partial charge on any atom is -0.478 e. The summed E-state index contributed by atoms with van der Waals surface area (Å²) in [4.78, 5) is 10.8. The number of aromatic carboxylic acids is 1. The Morgan fingerprint density at radius 1 is 1.00 bits per heavy atom. The molecular weight excluding hydrogens is 302 g/mol. The Kier molecular flexibility index (Phi) is 4.95. The van der Waals surface area contributed by atoms with E-state index in [9.17, 15) is 13.2 Å². The predicted octanol–water partition coefficient (Wildman–Crippen LogP) is 2.43. The van der Waals surface area contributed by atoms with E-state index in [2.05, 4.69) is 11.6 Å². The van der Waals surface area contributed by atoms with Gasteiger partial charge in [0.05, 0.1) is 10.5 Å². The van der Waals surface area contributed by atoms with Crippen LogP contribution >= 0.6 is 0 Å². The highest BCUT2D eigenvalue weighted by molar-refractivity contribution is 7.89. The number of rotatable bonds is 6.